The Bertz CT molecular complexity index is 933. The molecule has 0 amide bonds. The molecular weight excluding hydrogens is 458 g/mol. The molecule has 0 radical (unpaired) electrons. The number of sulfone groups is 1. The Hall–Kier alpha value is -0.863. The van der Waals surface area contributed by atoms with E-state index in [1.54, 1.807) is 6.92 Å². The van der Waals surface area contributed by atoms with Crippen LogP contribution in [0.1, 0.15) is 26.2 Å². The Kier molecular flexibility index (Phi) is 8.84. The predicted octanol–water partition coefficient (Wildman–Crippen LogP) is 1.49. The smallest absolute Gasteiger partial charge is 0.283 e. The Morgan fingerprint density at radius 2 is 1.74 bits per heavy atom. The zero-order valence-electron chi connectivity index (χ0n) is 19.5. The highest BCUT2D eigenvalue weighted by atomic mass is 32.2. The van der Waals surface area contributed by atoms with Gasteiger partial charge in [0.15, 0.2) is 0 Å². The Morgan fingerprint density at radius 1 is 1.13 bits per heavy atom. The van der Waals surface area contributed by atoms with Crippen molar-refractivity contribution in [3.05, 3.63) is 0 Å². The van der Waals surface area contributed by atoms with Crippen molar-refractivity contribution in [1.82, 2.24) is 24.0 Å². The van der Waals surface area contributed by atoms with Crippen LogP contribution >= 0.6 is 0 Å². The van der Waals surface area contributed by atoms with E-state index in [0.29, 0.717) is 45.0 Å². The highest BCUT2D eigenvalue weighted by molar-refractivity contribution is 7.91. The van der Waals surface area contributed by atoms with Crippen LogP contribution in [0.5, 0.6) is 0 Å². The number of hydrogen-bond acceptors (Lipinski definition) is 8. The van der Waals surface area contributed by atoms with Gasteiger partial charge in [-0.1, -0.05) is 26.6 Å². The van der Waals surface area contributed by atoms with Crippen molar-refractivity contribution in [2.45, 2.75) is 75.0 Å². The SMILES string of the molecule is CCCS(=O)(=O)c1nc(S(=O)(=O)N2CCC(N(C)C)CC2)nn1COCC[Si](C)(C)C. The van der Waals surface area contributed by atoms with Gasteiger partial charge in [-0.15, -0.1) is 5.10 Å². The van der Waals surface area contributed by atoms with E-state index in [1.165, 1.54) is 4.31 Å². The number of rotatable bonds is 11. The van der Waals surface area contributed by atoms with Crippen LogP contribution in [-0.4, -0.2) is 94.5 Å². The number of hydrogen-bond donors (Lipinski definition) is 0. The van der Waals surface area contributed by atoms with E-state index in [9.17, 15) is 16.8 Å². The number of aromatic nitrogens is 3. The molecule has 2 rings (SSSR count). The lowest BCUT2D eigenvalue weighted by molar-refractivity contribution is 0.0708. The van der Waals surface area contributed by atoms with E-state index in [4.69, 9.17) is 4.74 Å². The molecule has 0 bridgehead atoms. The first-order chi connectivity index (χ1) is 14.3. The monoisotopic (exact) mass is 495 g/mol. The molecule has 0 unspecified atom stereocenters. The predicted molar refractivity (Wildman–Crippen MR) is 122 cm³/mol. The summed E-state index contributed by atoms with van der Waals surface area (Å²) in [5.74, 6) is -0.131. The van der Waals surface area contributed by atoms with Crippen molar-refractivity contribution in [1.29, 1.82) is 0 Å². The molecule has 0 atom stereocenters. The highest BCUT2D eigenvalue weighted by Gasteiger charge is 2.35. The maximum absolute atomic E-state index is 13.1. The van der Waals surface area contributed by atoms with Crippen LogP contribution in [0.3, 0.4) is 0 Å². The van der Waals surface area contributed by atoms with E-state index >= 15 is 0 Å². The van der Waals surface area contributed by atoms with Gasteiger partial charge >= 0.3 is 0 Å². The average molecular weight is 496 g/mol. The van der Waals surface area contributed by atoms with Crippen molar-refractivity contribution in [2.75, 3.05) is 39.5 Å². The molecule has 0 saturated carbocycles. The van der Waals surface area contributed by atoms with Gasteiger partial charge in [-0.25, -0.2) is 21.5 Å². The minimum atomic E-state index is -3.98. The first kappa shape index (κ1) is 26.4. The van der Waals surface area contributed by atoms with Gasteiger partial charge in [0.1, 0.15) is 6.73 Å². The fraction of sp³-hybridized carbons (Fsp3) is 0.889. The maximum Gasteiger partial charge on any atom is 0.283 e. The first-order valence-electron chi connectivity index (χ1n) is 10.7. The van der Waals surface area contributed by atoms with Crippen LogP contribution in [-0.2, 0) is 31.3 Å². The van der Waals surface area contributed by atoms with Crippen LogP contribution < -0.4 is 0 Å². The van der Waals surface area contributed by atoms with Crippen LogP contribution in [0.4, 0.5) is 0 Å². The summed E-state index contributed by atoms with van der Waals surface area (Å²) >= 11 is 0. The molecule has 1 aromatic heterocycles. The van der Waals surface area contributed by atoms with E-state index in [2.05, 4.69) is 34.6 Å². The lowest BCUT2D eigenvalue weighted by Crippen LogP contribution is -2.44. The van der Waals surface area contributed by atoms with E-state index < -0.39 is 33.1 Å². The highest BCUT2D eigenvalue weighted by Crippen LogP contribution is 2.22. The Labute approximate surface area is 187 Å². The summed E-state index contributed by atoms with van der Waals surface area (Å²) in [6.07, 6.45) is 1.80. The van der Waals surface area contributed by atoms with Gasteiger partial charge in [0.2, 0.25) is 15.0 Å². The second-order valence-electron chi connectivity index (χ2n) is 9.44. The minimum Gasteiger partial charge on any atom is -0.359 e. The molecule has 1 saturated heterocycles. The summed E-state index contributed by atoms with van der Waals surface area (Å²) in [7, 11) is -5.11. The summed E-state index contributed by atoms with van der Waals surface area (Å²) in [6, 6.07) is 1.22. The third-order valence-electron chi connectivity index (χ3n) is 5.30. The molecule has 0 aliphatic carbocycles. The topological polar surface area (TPSA) is 115 Å². The summed E-state index contributed by atoms with van der Waals surface area (Å²) in [5, 5.41) is 3.25. The minimum absolute atomic E-state index is 0.131. The lowest BCUT2D eigenvalue weighted by Gasteiger charge is -2.33. The van der Waals surface area contributed by atoms with Crippen LogP contribution in [0.15, 0.2) is 10.3 Å². The van der Waals surface area contributed by atoms with Crippen molar-refractivity contribution < 1.29 is 21.6 Å². The van der Waals surface area contributed by atoms with Gasteiger partial charge in [0, 0.05) is 33.8 Å². The fourth-order valence-corrected chi connectivity index (χ4v) is 6.84. The van der Waals surface area contributed by atoms with Crippen molar-refractivity contribution in [2.24, 2.45) is 0 Å². The van der Waals surface area contributed by atoms with Crippen LogP contribution in [0.25, 0.3) is 0 Å². The lowest BCUT2D eigenvalue weighted by atomic mass is 10.1. The summed E-state index contributed by atoms with van der Waals surface area (Å²) in [6.45, 7) is 9.41. The number of piperidine rings is 1. The quantitative estimate of drug-likeness (QED) is 0.335. The largest absolute Gasteiger partial charge is 0.359 e. The summed E-state index contributed by atoms with van der Waals surface area (Å²) in [4.78, 5) is 6.07. The molecule has 0 aromatic carbocycles. The normalized spacial score (nSPS) is 17.5. The van der Waals surface area contributed by atoms with Gasteiger partial charge in [0.05, 0.1) is 5.75 Å². The van der Waals surface area contributed by atoms with Gasteiger partial charge in [-0.2, -0.15) is 9.29 Å². The number of ether oxygens (including phenoxy) is 1. The molecule has 10 nitrogen and oxygen atoms in total. The second kappa shape index (κ2) is 10.4. The van der Waals surface area contributed by atoms with Gasteiger partial charge in [-0.05, 0) is 39.4 Å². The molecule has 2 heterocycles. The molecule has 0 spiro atoms. The molecule has 1 fully saturated rings. The summed E-state index contributed by atoms with van der Waals surface area (Å²) < 4.78 is 59.7. The summed E-state index contributed by atoms with van der Waals surface area (Å²) in [5.41, 5.74) is 0. The van der Waals surface area contributed by atoms with Crippen molar-refractivity contribution >= 4 is 27.9 Å². The number of nitrogens with zero attached hydrogens (tertiary/aromatic N) is 5. The third-order valence-corrected chi connectivity index (χ3v) is 10.5. The van der Waals surface area contributed by atoms with E-state index in [-0.39, 0.29) is 17.6 Å². The molecule has 1 aromatic rings. The first-order valence-corrected chi connectivity index (χ1v) is 17.5. The molecular formula is C18H37N5O5S2Si. The molecule has 0 N–H and O–H groups in total. The standard InChI is InChI=1S/C18H37N5O5S2Si/c1-7-13-29(24,25)18-19-17(20-23(18)15-28-12-14-31(4,5)6)30(26,27)22-10-8-16(9-11-22)21(2)3/h16H,7-15H2,1-6H3. The van der Waals surface area contributed by atoms with Crippen molar-refractivity contribution in [3.8, 4) is 0 Å². The zero-order valence-corrected chi connectivity index (χ0v) is 22.2. The fourth-order valence-electron chi connectivity index (χ4n) is 3.34. The molecule has 31 heavy (non-hydrogen) atoms. The third kappa shape index (κ3) is 7.06. The van der Waals surface area contributed by atoms with Gasteiger partial charge in [0.25, 0.3) is 15.2 Å². The van der Waals surface area contributed by atoms with E-state index in [1.807, 2.05) is 14.1 Å². The Balaban J connectivity index is 2.26. The number of sulfonamides is 1. The van der Waals surface area contributed by atoms with Crippen molar-refractivity contribution in [3.63, 3.8) is 0 Å². The second-order valence-corrected chi connectivity index (χ2v) is 18.9. The van der Waals surface area contributed by atoms with Crippen LogP contribution in [0, 0.1) is 0 Å². The Morgan fingerprint density at radius 3 is 2.26 bits per heavy atom. The van der Waals surface area contributed by atoms with Gasteiger partial charge < -0.3 is 9.64 Å². The van der Waals surface area contributed by atoms with Crippen LogP contribution in [0.2, 0.25) is 25.7 Å². The molecule has 13 heteroatoms. The van der Waals surface area contributed by atoms with Gasteiger partial charge in [-0.3, -0.25) is 0 Å². The average Bonchev–Trinajstić information content (AvgIpc) is 3.10. The maximum atomic E-state index is 13.1. The zero-order chi connectivity index (χ0) is 23.4. The molecule has 1 aliphatic heterocycles. The van der Waals surface area contributed by atoms with E-state index in [0.717, 1.165) is 10.7 Å². The molecule has 1 aliphatic rings. The molecule has 180 valence electrons.